The lowest BCUT2D eigenvalue weighted by molar-refractivity contribution is -0.152. The number of carboxylic acids is 1. The predicted molar refractivity (Wildman–Crippen MR) is 81.9 cm³/mol. The fraction of sp³-hybridized carbons (Fsp3) is 0.647. The molecule has 6 nitrogen and oxygen atoms in total. The first-order valence-corrected chi connectivity index (χ1v) is 8.46. The van der Waals surface area contributed by atoms with Crippen molar-refractivity contribution in [1.29, 1.82) is 0 Å². The second kappa shape index (κ2) is 5.28. The third kappa shape index (κ3) is 2.40. The molecule has 1 amide bonds. The number of nitrogens with zero attached hydrogens (tertiary/aromatic N) is 3. The summed E-state index contributed by atoms with van der Waals surface area (Å²) < 4.78 is 0. The van der Waals surface area contributed by atoms with Gasteiger partial charge in [0.15, 0.2) is 0 Å². The van der Waals surface area contributed by atoms with Crippen molar-refractivity contribution < 1.29 is 14.7 Å². The lowest BCUT2D eigenvalue weighted by Crippen LogP contribution is -2.41. The number of amides is 1. The molecule has 6 heteroatoms. The molecule has 4 rings (SSSR count). The second-order valence-electron chi connectivity index (χ2n) is 7.16. The molecule has 1 aliphatic heterocycles. The highest BCUT2D eigenvalue weighted by Crippen LogP contribution is 2.47. The number of aliphatic carboxylic acids is 1. The molecule has 1 aromatic rings. The van der Waals surface area contributed by atoms with Gasteiger partial charge in [0.05, 0.1) is 5.41 Å². The standard InChI is InChI=1S/C17H21N3O3/c21-15(13-6-8-18-14(19-13)11-4-5-11)20-9-12-3-1-2-7-17(12,10-20)16(22)23/h6,8,11-12H,1-5,7,9-10H2,(H,22,23)/t12-,17-/m1/s1. The minimum Gasteiger partial charge on any atom is -0.481 e. The van der Waals surface area contributed by atoms with Crippen LogP contribution in [0.15, 0.2) is 12.3 Å². The Balaban J connectivity index is 1.57. The van der Waals surface area contributed by atoms with Crippen LogP contribution in [0.4, 0.5) is 0 Å². The zero-order valence-electron chi connectivity index (χ0n) is 13.1. The van der Waals surface area contributed by atoms with Gasteiger partial charge in [0.2, 0.25) is 0 Å². The Bertz CT molecular complexity index is 658. The molecule has 1 saturated heterocycles. The van der Waals surface area contributed by atoms with Gasteiger partial charge in [0.25, 0.3) is 5.91 Å². The van der Waals surface area contributed by atoms with Crippen molar-refractivity contribution in [1.82, 2.24) is 14.9 Å². The molecule has 3 aliphatic rings. The molecule has 1 N–H and O–H groups in total. The van der Waals surface area contributed by atoms with Crippen LogP contribution in [0.2, 0.25) is 0 Å². The van der Waals surface area contributed by atoms with Gasteiger partial charge in [-0.1, -0.05) is 12.8 Å². The zero-order chi connectivity index (χ0) is 16.0. The largest absolute Gasteiger partial charge is 0.481 e. The van der Waals surface area contributed by atoms with Gasteiger partial charge in [0.1, 0.15) is 11.5 Å². The minimum absolute atomic E-state index is 0.0717. The summed E-state index contributed by atoms with van der Waals surface area (Å²) in [7, 11) is 0. The highest BCUT2D eigenvalue weighted by atomic mass is 16.4. The zero-order valence-corrected chi connectivity index (χ0v) is 13.1. The van der Waals surface area contributed by atoms with E-state index in [4.69, 9.17) is 0 Å². The lowest BCUT2D eigenvalue weighted by atomic mass is 9.68. The van der Waals surface area contributed by atoms with Crippen LogP contribution in [0.3, 0.4) is 0 Å². The third-order valence-corrected chi connectivity index (χ3v) is 5.67. The monoisotopic (exact) mass is 315 g/mol. The summed E-state index contributed by atoms with van der Waals surface area (Å²) >= 11 is 0. The Hall–Kier alpha value is -1.98. The molecule has 2 aliphatic carbocycles. The number of aromatic nitrogens is 2. The Labute approximate surface area is 134 Å². The van der Waals surface area contributed by atoms with E-state index in [1.165, 1.54) is 0 Å². The second-order valence-corrected chi connectivity index (χ2v) is 7.16. The maximum Gasteiger partial charge on any atom is 0.311 e. The van der Waals surface area contributed by atoms with Crippen LogP contribution in [0.5, 0.6) is 0 Å². The number of carbonyl (C=O) groups is 2. The molecule has 0 unspecified atom stereocenters. The summed E-state index contributed by atoms with van der Waals surface area (Å²) in [6.45, 7) is 0.850. The van der Waals surface area contributed by atoms with E-state index >= 15 is 0 Å². The van der Waals surface area contributed by atoms with Crippen molar-refractivity contribution in [2.24, 2.45) is 11.3 Å². The quantitative estimate of drug-likeness (QED) is 0.923. The van der Waals surface area contributed by atoms with Gasteiger partial charge in [0, 0.05) is 25.2 Å². The van der Waals surface area contributed by atoms with Gasteiger partial charge in [-0.15, -0.1) is 0 Å². The van der Waals surface area contributed by atoms with Gasteiger partial charge in [-0.25, -0.2) is 9.97 Å². The van der Waals surface area contributed by atoms with Gasteiger partial charge in [-0.2, -0.15) is 0 Å². The van der Waals surface area contributed by atoms with Gasteiger partial charge >= 0.3 is 5.97 Å². The van der Waals surface area contributed by atoms with Crippen molar-refractivity contribution in [3.63, 3.8) is 0 Å². The first-order chi connectivity index (χ1) is 11.1. The number of hydrogen-bond acceptors (Lipinski definition) is 4. The normalized spacial score (nSPS) is 30.1. The van der Waals surface area contributed by atoms with E-state index in [2.05, 4.69) is 9.97 Å². The van der Waals surface area contributed by atoms with Gasteiger partial charge in [-0.05, 0) is 37.7 Å². The summed E-state index contributed by atoms with van der Waals surface area (Å²) in [6, 6.07) is 1.64. The first kappa shape index (κ1) is 14.6. The summed E-state index contributed by atoms with van der Waals surface area (Å²) in [4.78, 5) is 35.0. The fourth-order valence-electron chi connectivity index (χ4n) is 4.15. The van der Waals surface area contributed by atoms with E-state index in [0.29, 0.717) is 31.1 Å². The molecule has 2 heterocycles. The fourth-order valence-corrected chi connectivity index (χ4v) is 4.15. The number of rotatable bonds is 3. The molecule has 2 atom stereocenters. The van der Waals surface area contributed by atoms with Gasteiger partial charge in [-0.3, -0.25) is 9.59 Å². The molecular formula is C17H21N3O3. The third-order valence-electron chi connectivity index (χ3n) is 5.67. The summed E-state index contributed by atoms with van der Waals surface area (Å²) in [5, 5.41) is 9.73. The maximum absolute atomic E-state index is 12.8. The highest BCUT2D eigenvalue weighted by Gasteiger charge is 2.54. The Morgan fingerprint density at radius 3 is 2.78 bits per heavy atom. The minimum atomic E-state index is -0.751. The molecule has 2 saturated carbocycles. The molecule has 0 spiro atoms. The van der Waals surface area contributed by atoms with Crippen molar-refractivity contribution >= 4 is 11.9 Å². The number of likely N-dealkylation sites (tertiary alicyclic amines) is 1. The van der Waals surface area contributed by atoms with Crippen molar-refractivity contribution in [2.75, 3.05) is 13.1 Å². The van der Waals surface area contributed by atoms with Crippen LogP contribution in [-0.2, 0) is 4.79 Å². The molecule has 0 radical (unpaired) electrons. The first-order valence-electron chi connectivity index (χ1n) is 8.46. The highest BCUT2D eigenvalue weighted by molar-refractivity contribution is 5.93. The predicted octanol–water partition coefficient (Wildman–Crippen LogP) is 2.07. The topological polar surface area (TPSA) is 83.4 Å². The van der Waals surface area contributed by atoms with Crippen molar-refractivity contribution in [2.45, 2.75) is 44.4 Å². The summed E-state index contributed by atoms with van der Waals surface area (Å²) in [5.74, 6) is 0.320. The van der Waals surface area contributed by atoms with E-state index in [1.807, 2.05) is 0 Å². The van der Waals surface area contributed by atoms with E-state index in [0.717, 1.165) is 37.9 Å². The van der Waals surface area contributed by atoms with Crippen molar-refractivity contribution in [3.8, 4) is 0 Å². The van der Waals surface area contributed by atoms with Crippen LogP contribution in [0, 0.1) is 11.3 Å². The van der Waals surface area contributed by atoms with E-state index in [9.17, 15) is 14.7 Å². The van der Waals surface area contributed by atoms with Crippen LogP contribution < -0.4 is 0 Å². The molecule has 122 valence electrons. The summed E-state index contributed by atoms with van der Waals surface area (Å²) in [5.41, 5.74) is -0.346. The van der Waals surface area contributed by atoms with E-state index < -0.39 is 11.4 Å². The molecule has 0 aromatic carbocycles. The average Bonchev–Trinajstić information content (AvgIpc) is 3.33. The molecule has 3 fully saturated rings. The van der Waals surface area contributed by atoms with E-state index in [-0.39, 0.29) is 11.8 Å². The number of carbonyl (C=O) groups excluding carboxylic acids is 1. The lowest BCUT2D eigenvalue weighted by Gasteiger charge is -2.34. The molecule has 0 bridgehead atoms. The smallest absolute Gasteiger partial charge is 0.311 e. The molecule has 23 heavy (non-hydrogen) atoms. The Morgan fingerprint density at radius 2 is 2.09 bits per heavy atom. The average molecular weight is 315 g/mol. The number of hydrogen-bond donors (Lipinski definition) is 1. The van der Waals surface area contributed by atoms with Gasteiger partial charge < -0.3 is 10.0 Å². The van der Waals surface area contributed by atoms with Crippen LogP contribution in [-0.4, -0.2) is 44.9 Å². The van der Waals surface area contributed by atoms with Crippen LogP contribution in [0.25, 0.3) is 0 Å². The summed E-state index contributed by atoms with van der Waals surface area (Å²) in [6.07, 6.45) is 7.38. The SMILES string of the molecule is O=C(c1ccnc(C2CC2)n1)N1C[C@H]2CCCC[C@@]2(C(=O)O)C1. The number of fused-ring (bicyclic) bond motifs is 1. The van der Waals surface area contributed by atoms with Crippen molar-refractivity contribution in [3.05, 3.63) is 23.8 Å². The Kier molecular flexibility index (Phi) is 3.36. The van der Waals surface area contributed by atoms with Crippen LogP contribution >= 0.6 is 0 Å². The Morgan fingerprint density at radius 1 is 1.26 bits per heavy atom. The molecular weight excluding hydrogens is 294 g/mol. The van der Waals surface area contributed by atoms with Crippen LogP contribution in [0.1, 0.15) is 60.8 Å². The molecule has 1 aromatic heterocycles. The maximum atomic E-state index is 12.8. The van der Waals surface area contributed by atoms with E-state index in [1.54, 1.807) is 17.2 Å². The number of carboxylic acid groups (broad SMARTS) is 1.